The standard InChI is InChI=1S/C16H19NO16.7Na.7H/c17-6(12(27)33-16(14(30)31,4-9(22)23)5-10(24)25)1-11(26)32-15(13(28)29,2-7(18)19)3-8(20)21;;;;;;;;;;;;;;/h6H,1-5,17H2,(H,18,19)(H,20,21)(H,22,23)(H,24,25)(H,28,29)(H,30,31);;;;;;;;;;;;;;/q;7*+1;7*-1. The molecule has 0 aliphatic rings. The predicted octanol–water partition coefficient (Wildman–Crippen LogP) is -22.8. The van der Waals surface area contributed by atoms with Crippen LogP contribution in [-0.2, 0) is 47.8 Å². The molecular weight excluding hydrogens is 623 g/mol. The molecule has 17 nitrogen and oxygen atoms in total. The predicted molar refractivity (Wildman–Crippen MR) is 102 cm³/mol. The van der Waals surface area contributed by atoms with E-state index in [2.05, 4.69) is 9.47 Å². The SMILES string of the molecule is NC(CC(=O)OC(CC(=O)O)(CC(=O)O)C(=O)O)C(=O)OC(CC(=O)O)(CC(=O)O)C(=O)O.[H-].[H-].[H-].[H-].[H-].[H-].[H-].[Na+].[Na+].[Na+].[Na+].[Na+].[Na+].[Na+]. The number of carboxylic acid groups (broad SMARTS) is 6. The molecule has 0 aromatic heterocycles. The van der Waals surface area contributed by atoms with Crippen molar-refractivity contribution < 1.29 is 295 Å². The minimum absolute atomic E-state index is 0. The van der Waals surface area contributed by atoms with Crippen LogP contribution in [0.2, 0.25) is 0 Å². The topological polar surface area (TPSA) is 302 Å². The first kappa shape index (κ1) is 61.7. The van der Waals surface area contributed by atoms with Crippen molar-refractivity contribution in [3.05, 3.63) is 0 Å². The van der Waals surface area contributed by atoms with Crippen LogP contribution in [0.1, 0.15) is 42.1 Å². The third-order valence-electron chi connectivity index (χ3n) is 3.82. The van der Waals surface area contributed by atoms with Gasteiger partial charge >= 0.3 is 255 Å². The van der Waals surface area contributed by atoms with Crippen molar-refractivity contribution in [3.8, 4) is 0 Å². The molecule has 0 spiro atoms. The van der Waals surface area contributed by atoms with Crippen LogP contribution >= 0.6 is 0 Å². The van der Waals surface area contributed by atoms with Crippen LogP contribution in [0.4, 0.5) is 0 Å². The molecule has 0 rings (SSSR count). The van der Waals surface area contributed by atoms with Gasteiger partial charge in [-0.2, -0.15) is 0 Å². The van der Waals surface area contributed by atoms with Crippen molar-refractivity contribution in [1.29, 1.82) is 0 Å². The van der Waals surface area contributed by atoms with Gasteiger partial charge in [-0.3, -0.25) is 28.8 Å². The molecule has 8 N–H and O–H groups in total. The van der Waals surface area contributed by atoms with Gasteiger partial charge in [0.15, 0.2) is 0 Å². The van der Waals surface area contributed by atoms with E-state index in [0.717, 1.165) is 0 Å². The Kier molecular flexibility index (Phi) is 44.9. The molecule has 40 heavy (non-hydrogen) atoms. The normalized spacial score (nSPS) is 10.0. The van der Waals surface area contributed by atoms with Crippen molar-refractivity contribution in [3.63, 3.8) is 0 Å². The summed E-state index contributed by atoms with van der Waals surface area (Å²) in [4.78, 5) is 90.6. The maximum atomic E-state index is 12.1. The summed E-state index contributed by atoms with van der Waals surface area (Å²) in [6.45, 7) is 0. The fourth-order valence-electron chi connectivity index (χ4n) is 2.43. The quantitative estimate of drug-likeness (QED) is 0.0640. The Morgan fingerprint density at radius 2 is 0.800 bits per heavy atom. The van der Waals surface area contributed by atoms with Gasteiger partial charge in [0.25, 0.3) is 0 Å². The molecule has 1 atom stereocenters. The Morgan fingerprint density at radius 3 is 1.02 bits per heavy atom. The Morgan fingerprint density at radius 1 is 0.550 bits per heavy atom. The van der Waals surface area contributed by atoms with Crippen molar-refractivity contribution >= 4 is 47.8 Å². The van der Waals surface area contributed by atoms with E-state index < -0.39 is 97.1 Å². The van der Waals surface area contributed by atoms with Crippen LogP contribution in [0.5, 0.6) is 0 Å². The van der Waals surface area contributed by atoms with Gasteiger partial charge in [-0.05, 0) is 0 Å². The molecule has 0 heterocycles. The van der Waals surface area contributed by atoms with Gasteiger partial charge < -0.3 is 55.8 Å². The van der Waals surface area contributed by atoms with E-state index in [1.54, 1.807) is 0 Å². The molecule has 0 amide bonds. The molecule has 0 aromatic carbocycles. The van der Waals surface area contributed by atoms with E-state index in [9.17, 15) is 48.6 Å². The summed E-state index contributed by atoms with van der Waals surface area (Å²) < 4.78 is 8.91. The smallest absolute Gasteiger partial charge is 1.00 e. The first-order valence-electron chi connectivity index (χ1n) is 8.50. The molecule has 0 saturated carbocycles. The second-order valence-electron chi connectivity index (χ2n) is 6.59. The number of aliphatic carboxylic acids is 6. The van der Waals surface area contributed by atoms with Gasteiger partial charge in [-0.1, -0.05) is 0 Å². The molecule has 0 bridgehead atoms. The third-order valence-corrected chi connectivity index (χ3v) is 3.82. The average molecular weight is 649 g/mol. The number of hydrogen-bond donors (Lipinski definition) is 7. The number of nitrogens with two attached hydrogens (primary N) is 1. The van der Waals surface area contributed by atoms with E-state index in [1.807, 2.05) is 0 Å². The molecule has 198 valence electrons. The molecule has 0 aliphatic carbocycles. The minimum atomic E-state index is -3.12. The van der Waals surface area contributed by atoms with Crippen molar-refractivity contribution in [1.82, 2.24) is 0 Å². The average Bonchev–Trinajstić information content (AvgIpc) is 2.58. The molecule has 0 fully saturated rings. The molecule has 24 heteroatoms. The number of carbonyl (C=O) groups is 8. The number of rotatable bonds is 15. The van der Waals surface area contributed by atoms with Gasteiger partial charge in [0.05, 0.1) is 32.1 Å². The monoisotopic (exact) mass is 649 g/mol. The molecular formula is C16H26NNa7O16. The van der Waals surface area contributed by atoms with Gasteiger partial charge in [0, 0.05) is 0 Å². The molecule has 0 radical (unpaired) electrons. The Bertz CT molecular complexity index is 884. The minimum Gasteiger partial charge on any atom is -1.00 e. The van der Waals surface area contributed by atoms with Crippen LogP contribution in [0.25, 0.3) is 0 Å². The fourth-order valence-corrected chi connectivity index (χ4v) is 2.43. The van der Waals surface area contributed by atoms with E-state index in [0.29, 0.717) is 0 Å². The van der Waals surface area contributed by atoms with Crippen molar-refractivity contribution in [2.45, 2.75) is 49.3 Å². The van der Waals surface area contributed by atoms with Crippen LogP contribution in [0, 0.1) is 0 Å². The number of ether oxygens (including phenoxy) is 2. The van der Waals surface area contributed by atoms with Crippen LogP contribution in [0.3, 0.4) is 0 Å². The van der Waals surface area contributed by atoms with E-state index in [-0.39, 0.29) is 217 Å². The zero-order valence-corrected chi connectivity index (χ0v) is 37.5. The summed E-state index contributed by atoms with van der Waals surface area (Å²) in [6.07, 6.45) is -7.28. The summed E-state index contributed by atoms with van der Waals surface area (Å²) >= 11 is 0. The molecule has 1 unspecified atom stereocenters. The van der Waals surface area contributed by atoms with Crippen LogP contribution < -0.4 is 213 Å². The van der Waals surface area contributed by atoms with Crippen LogP contribution in [0.15, 0.2) is 0 Å². The number of esters is 2. The first-order chi connectivity index (χ1) is 15.0. The number of hydrogen-bond acceptors (Lipinski definition) is 11. The van der Waals surface area contributed by atoms with E-state index in [4.69, 9.17) is 26.2 Å². The van der Waals surface area contributed by atoms with Gasteiger partial charge in [-0.15, -0.1) is 0 Å². The van der Waals surface area contributed by atoms with Crippen molar-refractivity contribution in [2.75, 3.05) is 0 Å². The van der Waals surface area contributed by atoms with E-state index in [1.165, 1.54) is 0 Å². The summed E-state index contributed by atoms with van der Waals surface area (Å²) in [5.74, 6) is -15.3. The Balaban J connectivity index is -0.0000000563. The van der Waals surface area contributed by atoms with E-state index >= 15 is 0 Å². The Hall–Kier alpha value is 2.72. The zero-order valence-electron chi connectivity index (χ0n) is 30.5. The first-order valence-corrected chi connectivity index (χ1v) is 8.50. The second kappa shape index (κ2) is 29.1. The Labute approximate surface area is 391 Å². The summed E-state index contributed by atoms with van der Waals surface area (Å²) in [6, 6.07) is -2.17. The summed E-state index contributed by atoms with van der Waals surface area (Å²) in [7, 11) is 0. The van der Waals surface area contributed by atoms with Gasteiger partial charge in [-0.25, -0.2) is 9.59 Å². The summed E-state index contributed by atoms with van der Waals surface area (Å²) in [5, 5.41) is 53.7. The van der Waals surface area contributed by atoms with Crippen molar-refractivity contribution in [2.24, 2.45) is 5.73 Å². The number of carboxylic acids is 6. The van der Waals surface area contributed by atoms with Crippen LogP contribution in [-0.4, -0.2) is 95.6 Å². The maximum absolute atomic E-state index is 12.1. The second-order valence-corrected chi connectivity index (χ2v) is 6.59. The summed E-state index contributed by atoms with van der Waals surface area (Å²) in [5.41, 5.74) is -0.864. The molecule has 0 aromatic rings. The van der Waals surface area contributed by atoms with Gasteiger partial charge in [0.1, 0.15) is 6.04 Å². The largest absolute Gasteiger partial charge is 1.00 e. The molecule has 0 saturated heterocycles. The maximum Gasteiger partial charge on any atom is 1.00 e. The molecule has 0 aliphatic heterocycles. The fraction of sp³-hybridized carbons (Fsp3) is 0.500. The van der Waals surface area contributed by atoms with Gasteiger partial charge in [0.2, 0.25) is 11.2 Å². The number of carbonyl (C=O) groups excluding carboxylic acids is 2. The third kappa shape index (κ3) is 23.1. The zero-order chi connectivity index (χ0) is 26.1.